The Bertz CT molecular complexity index is 818. The van der Waals surface area contributed by atoms with Crippen molar-refractivity contribution in [3.63, 3.8) is 0 Å². The van der Waals surface area contributed by atoms with Gasteiger partial charge in [0, 0.05) is 0 Å². The van der Waals surface area contributed by atoms with Crippen molar-refractivity contribution in [3.8, 4) is 22.8 Å². The predicted molar refractivity (Wildman–Crippen MR) is 82.9 cm³/mol. The summed E-state index contributed by atoms with van der Waals surface area (Å²) in [4.78, 5) is 11.5. The molecule has 0 spiro atoms. The number of phenolic OH excluding ortho intramolecular Hbond substituents is 1. The van der Waals surface area contributed by atoms with E-state index in [1.165, 1.54) is 9.95 Å². The molecule has 0 radical (unpaired) electrons. The van der Waals surface area contributed by atoms with Gasteiger partial charge in [-0.15, -0.1) is 0 Å². The molecule has 0 aliphatic rings. The molecule has 0 fully saturated rings. The molecule has 0 aliphatic heterocycles. The average molecular weight is 299 g/mol. The zero-order chi connectivity index (χ0) is 14.8. The first-order valence-electron chi connectivity index (χ1n) is 6.39. The fourth-order valence-corrected chi connectivity index (χ4v) is 2.77. The van der Waals surface area contributed by atoms with Crippen molar-refractivity contribution in [2.24, 2.45) is 0 Å². The molecule has 1 aromatic heterocycles. The summed E-state index contributed by atoms with van der Waals surface area (Å²) in [7, 11) is 0. The van der Waals surface area contributed by atoms with Gasteiger partial charge >= 0.3 is 4.87 Å². The third kappa shape index (κ3) is 2.83. The summed E-state index contributed by atoms with van der Waals surface area (Å²) in [6, 6.07) is 14.7. The summed E-state index contributed by atoms with van der Waals surface area (Å²) in [5.74, 6) is 0.213. The van der Waals surface area contributed by atoms with Crippen molar-refractivity contribution in [1.29, 1.82) is 0 Å². The first-order valence-corrected chi connectivity index (χ1v) is 7.27. The number of hydrogen-bond acceptors (Lipinski definition) is 4. The van der Waals surface area contributed by atoms with Crippen LogP contribution in [0.2, 0.25) is 0 Å². The molecule has 0 saturated carbocycles. The van der Waals surface area contributed by atoms with Crippen molar-refractivity contribution < 1.29 is 10.2 Å². The van der Waals surface area contributed by atoms with Gasteiger partial charge in [0.15, 0.2) is 0 Å². The molecule has 5 heteroatoms. The van der Waals surface area contributed by atoms with Gasteiger partial charge in [0.25, 0.3) is 0 Å². The van der Waals surface area contributed by atoms with Crippen molar-refractivity contribution in [2.45, 2.75) is 6.54 Å². The Morgan fingerprint density at radius 2 is 1.76 bits per heavy atom. The van der Waals surface area contributed by atoms with Gasteiger partial charge in [-0.05, 0) is 34.9 Å². The number of rotatable bonds is 3. The molecule has 0 atom stereocenters. The van der Waals surface area contributed by atoms with E-state index >= 15 is 0 Å². The highest BCUT2D eigenvalue weighted by molar-refractivity contribution is 7.07. The summed E-state index contributed by atoms with van der Waals surface area (Å²) in [6.45, 7) is 0.333. The Morgan fingerprint density at radius 3 is 2.43 bits per heavy atom. The summed E-state index contributed by atoms with van der Waals surface area (Å²) < 4.78 is 1.33. The Balaban J connectivity index is 1.93. The molecule has 4 nitrogen and oxygen atoms in total. The molecule has 21 heavy (non-hydrogen) atoms. The lowest BCUT2D eigenvalue weighted by Gasteiger charge is -2.07. The molecule has 0 saturated heterocycles. The Hall–Kier alpha value is -2.53. The van der Waals surface area contributed by atoms with Gasteiger partial charge in [-0.25, -0.2) is 0 Å². The van der Waals surface area contributed by atoms with Crippen LogP contribution in [0, 0.1) is 0 Å². The van der Waals surface area contributed by atoms with Crippen LogP contribution in [0.5, 0.6) is 11.6 Å². The number of aromatic hydroxyl groups is 2. The molecular formula is C16H13NO3S. The number of aromatic nitrogens is 1. The van der Waals surface area contributed by atoms with Crippen molar-refractivity contribution in [3.05, 3.63) is 69.1 Å². The molecule has 0 unspecified atom stereocenters. The molecule has 106 valence electrons. The van der Waals surface area contributed by atoms with Crippen molar-refractivity contribution in [1.82, 2.24) is 4.57 Å². The van der Waals surface area contributed by atoms with E-state index in [2.05, 4.69) is 0 Å². The number of thiazole rings is 1. The van der Waals surface area contributed by atoms with E-state index in [9.17, 15) is 15.0 Å². The summed E-state index contributed by atoms with van der Waals surface area (Å²) in [5, 5.41) is 20.4. The lowest BCUT2D eigenvalue weighted by molar-refractivity contribution is 0.421. The standard InChI is InChI=1S/C16H13NO3S/c18-14-6-4-12(5-7-14)13-3-1-2-11(8-13)9-17-15(19)10-21-16(17)20/h1-8,10,18-19H,9H2. The fourth-order valence-electron chi connectivity index (χ4n) is 2.16. The lowest BCUT2D eigenvalue weighted by Crippen LogP contribution is -2.13. The average Bonchev–Trinajstić information content (AvgIpc) is 2.80. The van der Waals surface area contributed by atoms with Crippen LogP contribution in [0.1, 0.15) is 5.56 Å². The number of benzene rings is 2. The Labute approximate surface area is 125 Å². The van der Waals surface area contributed by atoms with E-state index in [0.29, 0.717) is 6.54 Å². The fraction of sp³-hybridized carbons (Fsp3) is 0.0625. The third-order valence-corrected chi connectivity index (χ3v) is 3.98. The molecule has 0 amide bonds. The van der Waals surface area contributed by atoms with Gasteiger partial charge in [-0.2, -0.15) is 0 Å². The van der Waals surface area contributed by atoms with Crippen LogP contribution in [0.25, 0.3) is 11.1 Å². The topological polar surface area (TPSA) is 62.5 Å². The van der Waals surface area contributed by atoms with Crippen LogP contribution in [0.15, 0.2) is 58.7 Å². The number of nitrogens with zero attached hydrogens (tertiary/aromatic N) is 1. The molecule has 0 bridgehead atoms. The van der Waals surface area contributed by atoms with Crippen LogP contribution in [-0.4, -0.2) is 14.8 Å². The smallest absolute Gasteiger partial charge is 0.310 e. The number of hydrogen-bond donors (Lipinski definition) is 2. The minimum Gasteiger partial charge on any atom is -0.508 e. The SMILES string of the molecule is O=c1scc(O)n1Cc1cccc(-c2ccc(O)cc2)c1. The molecular weight excluding hydrogens is 286 g/mol. The predicted octanol–water partition coefficient (Wildman–Crippen LogP) is 3.04. The van der Waals surface area contributed by atoms with Crippen LogP contribution in [-0.2, 0) is 6.54 Å². The number of phenols is 1. The second-order valence-electron chi connectivity index (χ2n) is 4.69. The molecule has 3 rings (SSSR count). The first kappa shape index (κ1) is 13.5. The monoisotopic (exact) mass is 299 g/mol. The van der Waals surface area contributed by atoms with Gasteiger partial charge in [0.2, 0.25) is 5.88 Å². The Morgan fingerprint density at radius 1 is 1.00 bits per heavy atom. The van der Waals surface area contributed by atoms with Gasteiger partial charge < -0.3 is 10.2 Å². The van der Waals surface area contributed by atoms with E-state index in [0.717, 1.165) is 28.0 Å². The molecule has 2 aromatic carbocycles. The summed E-state index contributed by atoms with van der Waals surface area (Å²) in [5.41, 5.74) is 2.91. The van der Waals surface area contributed by atoms with E-state index in [1.807, 2.05) is 36.4 Å². The summed E-state index contributed by atoms with van der Waals surface area (Å²) >= 11 is 0.982. The van der Waals surface area contributed by atoms with E-state index < -0.39 is 0 Å². The minimum absolute atomic E-state index is 0.0139. The lowest BCUT2D eigenvalue weighted by atomic mass is 10.0. The second-order valence-corrected chi connectivity index (χ2v) is 5.51. The largest absolute Gasteiger partial charge is 0.508 e. The van der Waals surface area contributed by atoms with Gasteiger partial charge in [0.1, 0.15) is 5.75 Å². The highest BCUT2D eigenvalue weighted by Crippen LogP contribution is 2.23. The maximum Gasteiger partial charge on any atom is 0.310 e. The van der Waals surface area contributed by atoms with Crippen LogP contribution in [0.4, 0.5) is 0 Å². The second kappa shape index (κ2) is 5.46. The van der Waals surface area contributed by atoms with E-state index in [1.54, 1.807) is 12.1 Å². The van der Waals surface area contributed by atoms with Gasteiger partial charge in [0.05, 0.1) is 11.9 Å². The summed E-state index contributed by atoms with van der Waals surface area (Å²) in [6.07, 6.45) is 0. The Kier molecular flexibility index (Phi) is 3.50. The van der Waals surface area contributed by atoms with Crippen LogP contribution in [0.3, 0.4) is 0 Å². The molecule has 0 aliphatic carbocycles. The first-order chi connectivity index (χ1) is 10.1. The van der Waals surface area contributed by atoms with E-state index in [-0.39, 0.29) is 16.5 Å². The normalized spacial score (nSPS) is 10.7. The van der Waals surface area contributed by atoms with Gasteiger partial charge in [-0.3, -0.25) is 9.36 Å². The van der Waals surface area contributed by atoms with Gasteiger partial charge in [-0.1, -0.05) is 41.7 Å². The molecule has 3 aromatic rings. The molecule has 1 heterocycles. The van der Waals surface area contributed by atoms with Crippen molar-refractivity contribution in [2.75, 3.05) is 0 Å². The highest BCUT2D eigenvalue weighted by atomic mass is 32.1. The third-order valence-electron chi connectivity index (χ3n) is 3.23. The van der Waals surface area contributed by atoms with E-state index in [4.69, 9.17) is 0 Å². The maximum absolute atomic E-state index is 11.6. The molecule has 2 N–H and O–H groups in total. The quantitative estimate of drug-likeness (QED) is 0.781. The van der Waals surface area contributed by atoms with Crippen molar-refractivity contribution >= 4 is 11.3 Å². The highest BCUT2D eigenvalue weighted by Gasteiger charge is 2.06. The zero-order valence-corrected chi connectivity index (χ0v) is 11.9. The maximum atomic E-state index is 11.6. The minimum atomic E-state index is -0.178. The van der Waals surface area contributed by atoms with Crippen LogP contribution >= 0.6 is 11.3 Å². The zero-order valence-electron chi connectivity index (χ0n) is 11.1. The van der Waals surface area contributed by atoms with Crippen LogP contribution < -0.4 is 4.87 Å².